The van der Waals surface area contributed by atoms with Gasteiger partial charge in [0.25, 0.3) is 0 Å². The van der Waals surface area contributed by atoms with E-state index < -0.39 is 0 Å². The van der Waals surface area contributed by atoms with Crippen LogP contribution in [-0.4, -0.2) is 11.0 Å². The van der Waals surface area contributed by atoms with Gasteiger partial charge in [0.1, 0.15) is 5.82 Å². The Morgan fingerprint density at radius 1 is 1.10 bits per heavy atom. The fourth-order valence-electron chi connectivity index (χ4n) is 1.86. The maximum atomic E-state index is 12.9. The number of hydrogen-bond donors (Lipinski definition) is 2. The van der Waals surface area contributed by atoms with E-state index in [0.717, 1.165) is 5.06 Å². The Labute approximate surface area is 124 Å². The molecule has 0 bridgehead atoms. The van der Waals surface area contributed by atoms with Crippen molar-refractivity contribution in [1.82, 2.24) is 0 Å². The second-order valence-electron chi connectivity index (χ2n) is 4.15. The average molecular weight is 312 g/mol. The number of fused-ring (bicyclic) bond motifs is 1. The number of anilines is 2. The SMILES string of the molecule is ON1C(c2ccc(F)cc2)=NNc2cc(Cl)c(Cl)cc21. The maximum absolute atomic E-state index is 12.9. The van der Waals surface area contributed by atoms with Crippen molar-refractivity contribution in [3.05, 3.63) is 57.8 Å². The number of amidine groups is 1. The molecular formula is C13H8Cl2FN3O. The summed E-state index contributed by atoms with van der Waals surface area (Å²) in [6.07, 6.45) is 0. The first-order chi connectivity index (χ1) is 9.56. The zero-order chi connectivity index (χ0) is 14.3. The van der Waals surface area contributed by atoms with Crippen LogP contribution < -0.4 is 10.5 Å². The van der Waals surface area contributed by atoms with Gasteiger partial charge in [0.15, 0.2) is 5.84 Å². The van der Waals surface area contributed by atoms with Crippen molar-refractivity contribution < 1.29 is 9.60 Å². The van der Waals surface area contributed by atoms with Crippen molar-refractivity contribution in [3.63, 3.8) is 0 Å². The molecule has 0 spiro atoms. The highest BCUT2D eigenvalue weighted by molar-refractivity contribution is 6.42. The Hall–Kier alpha value is -1.82. The van der Waals surface area contributed by atoms with Crippen LogP contribution in [0, 0.1) is 5.82 Å². The lowest BCUT2D eigenvalue weighted by molar-refractivity contribution is 0.312. The lowest BCUT2D eigenvalue weighted by atomic mass is 10.1. The first kappa shape index (κ1) is 13.2. The van der Waals surface area contributed by atoms with E-state index in [1.54, 1.807) is 6.07 Å². The monoisotopic (exact) mass is 311 g/mol. The van der Waals surface area contributed by atoms with Crippen LogP contribution in [0.5, 0.6) is 0 Å². The lowest BCUT2D eigenvalue weighted by Gasteiger charge is -2.26. The molecule has 3 rings (SSSR count). The molecule has 0 radical (unpaired) electrons. The normalized spacial score (nSPS) is 13.6. The van der Waals surface area contributed by atoms with Crippen LogP contribution in [0.1, 0.15) is 5.56 Å². The topological polar surface area (TPSA) is 47.9 Å². The van der Waals surface area contributed by atoms with E-state index in [2.05, 4.69) is 10.5 Å². The molecular weight excluding hydrogens is 304 g/mol. The third-order valence-corrected chi connectivity index (χ3v) is 3.57. The molecule has 0 saturated carbocycles. The summed E-state index contributed by atoms with van der Waals surface area (Å²) in [6.45, 7) is 0. The molecule has 7 heteroatoms. The molecule has 1 aliphatic rings. The molecule has 0 saturated heterocycles. The van der Waals surface area contributed by atoms with E-state index in [0.29, 0.717) is 27.0 Å². The van der Waals surface area contributed by atoms with Gasteiger partial charge >= 0.3 is 0 Å². The zero-order valence-corrected chi connectivity index (χ0v) is 11.5. The summed E-state index contributed by atoms with van der Waals surface area (Å²) in [4.78, 5) is 0. The molecule has 0 amide bonds. The highest BCUT2D eigenvalue weighted by Crippen LogP contribution is 2.36. The fraction of sp³-hybridized carbons (Fsp3) is 0. The van der Waals surface area contributed by atoms with Crippen LogP contribution in [-0.2, 0) is 0 Å². The second kappa shape index (κ2) is 4.94. The quantitative estimate of drug-likeness (QED) is 0.833. The van der Waals surface area contributed by atoms with E-state index in [1.165, 1.54) is 30.3 Å². The lowest BCUT2D eigenvalue weighted by Crippen LogP contribution is -2.32. The second-order valence-corrected chi connectivity index (χ2v) is 4.96. The van der Waals surface area contributed by atoms with Crippen molar-refractivity contribution in [2.45, 2.75) is 0 Å². The van der Waals surface area contributed by atoms with Crippen LogP contribution in [0.2, 0.25) is 10.0 Å². The standard InChI is InChI=1S/C13H8Cl2FN3O/c14-9-5-11-12(6-10(9)15)19(20)13(18-17-11)7-1-3-8(16)4-2-7/h1-6,17,20H. The zero-order valence-electron chi connectivity index (χ0n) is 9.94. The van der Waals surface area contributed by atoms with Gasteiger partial charge in [-0.1, -0.05) is 23.2 Å². The van der Waals surface area contributed by atoms with Gasteiger partial charge in [0.05, 0.1) is 21.4 Å². The summed E-state index contributed by atoms with van der Waals surface area (Å²) in [5, 5.41) is 15.8. The predicted molar refractivity (Wildman–Crippen MR) is 77.3 cm³/mol. The number of benzene rings is 2. The summed E-state index contributed by atoms with van der Waals surface area (Å²) in [5.74, 6) is -0.131. The minimum Gasteiger partial charge on any atom is -0.282 e. The number of rotatable bonds is 1. The van der Waals surface area contributed by atoms with E-state index in [4.69, 9.17) is 23.2 Å². The molecule has 1 aliphatic heterocycles. The molecule has 2 N–H and O–H groups in total. The summed E-state index contributed by atoms with van der Waals surface area (Å²) in [5.41, 5.74) is 4.26. The molecule has 2 aromatic rings. The highest BCUT2D eigenvalue weighted by Gasteiger charge is 2.23. The number of nitrogens with zero attached hydrogens (tertiary/aromatic N) is 2. The van der Waals surface area contributed by atoms with E-state index in [-0.39, 0.29) is 11.7 Å². The van der Waals surface area contributed by atoms with Crippen molar-refractivity contribution >= 4 is 40.4 Å². The van der Waals surface area contributed by atoms with E-state index >= 15 is 0 Å². The van der Waals surface area contributed by atoms with Gasteiger partial charge in [0.2, 0.25) is 0 Å². The number of nitrogens with one attached hydrogen (secondary N) is 1. The van der Waals surface area contributed by atoms with Crippen LogP contribution in [0.15, 0.2) is 41.5 Å². The van der Waals surface area contributed by atoms with Crippen molar-refractivity contribution in [2.75, 3.05) is 10.5 Å². The van der Waals surface area contributed by atoms with Crippen LogP contribution >= 0.6 is 23.2 Å². The van der Waals surface area contributed by atoms with E-state index in [9.17, 15) is 9.60 Å². The van der Waals surface area contributed by atoms with Gasteiger partial charge in [-0.25, -0.2) is 9.45 Å². The molecule has 0 atom stereocenters. The Bertz CT molecular complexity index is 704. The Balaban J connectivity index is 2.03. The summed E-state index contributed by atoms with van der Waals surface area (Å²) < 4.78 is 12.9. The highest BCUT2D eigenvalue weighted by atomic mass is 35.5. The minimum atomic E-state index is -0.363. The molecule has 0 aromatic heterocycles. The summed E-state index contributed by atoms with van der Waals surface area (Å²) in [6, 6.07) is 8.69. The van der Waals surface area contributed by atoms with Gasteiger partial charge in [-0.05, 0) is 36.4 Å². The van der Waals surface area contributed by atoms with Gasteiger partial charge in [-0.3, -0.25) is 10.6 Å². The molecule has 1 heterocycles. The largest absolute Gasteiger partial charge is 0.282 e. The number of hydrazone groups is 1. The van der Waals surface area contributed by atoms with E-state index in [1.807, 2.05) is 0 Å². The number of hydrogen-bond acceptors (Lipinski definition) is 4. The Kier molecular flexibility index (Phi) is 3.25. The average Bonchev–Trinajstić information content (AvgIpc) is 2.43. The molecule has 102 valence electrons. The first-order valence-corrected chi connectivity index (χ1v) is 6.39. The first-order valence-electron chi connectivity index (χ1n) is 5.64. The maximum Gasteiger partial charge on any atom is 0.184 e. The molecule has 2 aromatic carbocycles. The Morgan fingerprint density at radius 3 is 2.45 bits per heavy atom. The van der Waals surface area contributed by atoms with Crippen molar-refractivity contribution in [3.8, 4) is 0 Å². The molecule has 0 aliphatic carbocycles. The molecule has 0 fully saturated rings. The van der Waals surface area contributed by atoms with Crippen LogP contribution in [0.25, 0.3) is 0 Å². The predicted octanol–water partition coefficient (Wildman–Crippen LogP) is 4.12. The van der Waals surface area contributed by atoms with Crippen molar-refractivity contribution in [2.24, 2.45) is 5.10 Å². The molecule has 20 heavy (non-hydrogen) atoms. The van der Waals surface area contributed by atoms with Crippen LogP contribution in [0.3, 0.4) is 0 Å². The third-order valence-electron chi connectivity index (χ3n) is 2.85. The minimum absolute atomic E-state index is 0.232. The molecule has 4 nitrogen and oxygen atoms in total. The smallest absolute Gasteiger partial charge is 0.184 e. The van der Waals surface area contributed by atoms with Gasteiger partial charge in [-0.15, -0.1) is 0 Å². The number of hydroxylamine groups is 1. The third kappa shape index (κ3) is 2.20. The Morgan fingerprint density at radius 2 is 1.75 bits per heavy atom. The van der Waals surface area contributed by atoms with Gasteiger partial charge in [0, 0.05) is 5.56 Å². The molecule has 0 unspecified atom stereocenters. The summed E-state index contributed by atoms with van der Waals surface area (Å²) >= 11 is 11.8. The summed E-state index contributed by atoms with van der Waals surface area (Å²) in [7, 11) is 0. The van der Waals surface area contributed by atoms with Crippen LogP contribution in [0.4, 0.5) is 15.8 Å². The van der Waals surface area contributed by atoms with Crippen molar-refractivity contribution in [1.29, 1.82) is 0 Å². The van der Waals surface area contributed by atoms with Gasteiger partial charge < -0.3 is 0 Å². The number of halogens is 3. The van der Waals surface area contributed by atoms with Gasteiger partial charge in [-0.2, -0.15) is 5.10 Å². The fourth-order valence-corrected chi connectivity index (χ4v) is 2.18.